The molecule has 2 heterocycles. The van der Waals surface area contributed by atoms with Crippen LogP contribution in [-0.2, 0) is 9.84 Å². The molecule has 1 atom stereocenters. The Balaban J connectivity index is 2.20. The number of sulfone groups is 1. The summed E-state index contributed by atoms with van der Waals surface area (Å²) in [6.07, 6.45) is 1.34. The van der Waals surface area contributed by atoms with Crippen LogP contribution in [0.5, 0.6) is 0 Å². The van der Waals surface area contributed by atoms with Gasteiger partial charge in [0.2, 0.25) is 5.01 Å². The van der Waals surface area contributed by atoms with Crippen molar-refractivity contribution in [1.29, 1.82) is 0 Å². The number of rotatable bonds is 2. The smallest absolute Gasteiger partial charge is 0.367 e. The predicted octanol–water partition coefficient (Wildman–Crippen LogP) is 0.528. The molecule has 1 aliphatic heterocycles. The van der Waals surface area contributed by atoms with E-state index in [1.54, 1.807) is 0 Å². The molecule has 0 aliphatic carbocycles. The number of carboxylic acids is 1. The summed E-state index contributed by atoms with van der Waals surface area (Å²) in [4.78, 5) is 10.6. The standard InChI is InChI=1S/C8H10N2O4S2/c11-8(12)7-10-9-6(15-7)5-2-1-3-16(13,14)4-5/h5H,1-4H2,(H,11,12). The zero-order chi connectivity index (χ0) is 11.8. The maximum atomic E-state index is 11.4. The van der Waals surface area contributed by atoms with Crippen molar-refractivity contribution in [2.24, 2.45) is 0 Å². The van der Waals surface area contributed by atoms with Crippen LogP contribution in [-0.4, -0.2) is 41.2 Å². The van der Waals surface area contributed by atoms with Gasteiger partial charge in [-0.1, -0.05) is 11.3 Å². The number of hydrogen-bond acceptors (Lipinski definition) is 6. The van der Waals surface area contributed by atoms with Crippen molar-refractivity contribution in [1.82, 2.24) is 10.2 Å². The second kappa shape index (κ2) is 4.10. The first-order chi connectivity index (χ1) is 7.48. The van der Waals surface area contributed by atoms with Crippen LogP contribution in [0.1, 0.15) is 33.6 Å². The number of hydrogen-bond donors (Lipinski definition) is 1. The largest absolute Gasteiger partial charge is 0.476 e. The lowest BCUT2D eigenvalue weighted by Gasteiger charge is -2.18. The van der Waals surface area contributed by atoms with Crippen LogP contribution in [0.3, 0.4) is 0 Å². The Labute approximate surface area is 96.2 Å². The van der Waals surface area contributed by atoms with Crippen molar-refractivity contribution in [3.8, 4) is 0 Å². The van der Waals surface area contributed by atoms with Crippen molar-refractivity contribution in [2.45, 2.75) is 18.8 Å². The van der Waals surface area contributed by atoms with Gasteiger partial charge in [0, 0.05) is 5.92 Å². The Hall–Kier alpha value is -1.02. The number of aromatic nitrogens is 2. The fourth-order valence-corrected chi connectivity index (χ4v) is 4.34. The van der Waals surface area contributed by atoms with Gasteiger partial charge in [-0.3, -0.25) is 0 Å². The van der Waals surface area contributed by atoms with Gasteiger partial charge in [0.1, 0.15) is 5.01 Å². The second-order valence-electron chi connectivity index (χ2n) is 3.70. The van der Waals surface area contributed by atoms with E-state index in [9.17, 15) is 13.2 Å². The molecule has 0 spiro atoms. The van der Waals surface area contributed by atoms with Gasteiger partial charge in [0.25, 0.3) is 0 Å². The van der Waals surface area contributed by atoms with Crippen molar-refractivity contribution >= 4 is 27.1 Å². The van der Waals surface area contributed by atoms with Gasteiger partial charge in [0.15, 0.2) is 9.84 Å². The zero-order valence-electron chi connectivity index (χ0n) is 8.29. The van der Waals surface area contributed by atoms with E-state index in [0.29, 0.717) is 11.4 Å². The van der Waals surface area contributed by atoms with E-state index in [4.69, 9.17) is 5.11 Å². The number of carboxylic acid groups (broad SMARTS) is 1. The Morgan fingerprint density at radius 2 is 2.19 bits per heavy atom. The third kappa shape index (κ3) is 2.38. The molecule has 1 aromatic rings. The van der Waals surface area contributed by atoms with Crippen LogP contribution in [0.2, 0.25) is 0 Å². The van der Waals surface area contributed by atoms with Crippen molar-refractivity contribution in [3.05, 3.63) is 10.0 Å². The molecule has 0 aromatic carbocycles. The fraction of sp³-hybridized carbons (Fsp3) is 0.625. The molecular formula is C8H10N2O4S2. The minimum absolute atomic E-state index is 0.0568. The zero-order valence-corrected chi connectivity index (χ0v) is 9.92. The van der Waals surface area contributed by atoms with E-state index in [1.165, 1.54) is 0 Å². The quantitative estimate of drug-likeness (QED) is 0.835. The topological polar surface area (TPSA) is 97.2 Å². The maximum absolute atomic E-state index is 11.4. The highest BCUT2D eigenvalue weighted by Gasteiger charge is 2.29. The van der Waals surface area contributed by atoms with Gasteiger partial charge >= 0.3 is 5.97 Å². The minimum Gasteiger partial charge on any atom is -0.476 e. The van der Waals surface area contributed by atoms with Crippen LogP contribution in [0.4, 0.5) is 0 Å². The van der Waals surface area contributed by atoms with Gasteiger partial charge < -0.3 is 5.11 Å². The van der Waals surface area contributed by atoms with E-state index in [0.717, 1.165) is 17.8 Å². The Morgan fingerprint density at radius 1 is 1.44 bits per heavy atom. The molecular weight excluding hydrogens is 252 g/mol. The summed E-state index contributed by atoms with van der Waals surface area (Å²) in [6, 6.07) is 0. The molecule has 0 saturated carbocycles. The first-order valence-corrected chi connectivity index (χ1v) is 7.39. The average molecular weight is 262 g/mol. The van der Waals surface area contributed by atoms with Gasteiger partial charge in [-0.25, -0.2) is 13.2 Å². The molecule has 8 heteroatoms. The Morgan fingerprint density at radius 3 is 2.75 bits per heavy atom. The van der Waals surface area contributed by atoms with Crippen molar-refractivity contribution < 1.29 is 18.3 Å². The van der Waals surface area contributed by atoms with E-state index in [1.807, 2.05) is 0 Å². The highest BCUT2D eigenvalue weighted by Crippen LogP contribution is 2.30. The summed E-state index contributed by atoms with van der Waals surface area (Å²) in [5.41, 5.74) is 0. The molecule has 16 heavy (non-hydrogen) atoms. The van der Waals surface area contributed by atoms with Crippen molar-refractivity contribution in [3.63, 3.8) is 0 Å². The lowest BCUT2D eigenvalue weighted by molar-refractivity contribution is 0.0695. The van der Waals surface area contributed by atoms with Crippen LogP contribution < -0.4 is 0 Å². The van der Waals surface area contributed by atoms with Gasteiger partial charge in [0.05, 0.1) is 11.5 Å². The lowest BCUT2D eigenvalue weighted by Crippen LogP contribution is -2.23. The van der Waals surface area contributed by atoms with Gasteiger partial charge in [-0.05, 0) is 12.8 Å². The molecule has 6 nitrogen and oxygen atoms in total. The molecule has 1 unspecified atom stereocenters. The summed E-state index contributed by atoms with van der Waals surface area (Å²) < 4.78 is 22.8. The average Bonchev–Trinajstić information content (AvgIpc) is 2.64. The first-order valence-electron chi connectivity index (χ1n) is 4.75. The van der Waals surface area contributed by atoms with Crippen molar-refractivity contribution in [2.75, 3.05) is 11.5 Å². The third-order valence-electron chi connectivity index (χ3n) is 2.44. The summed E-state index contributed by atoms with van der Waals surface area (Å²) in [7, 11) is -3.00. The van der Waals surface area contributed by atoms with Gasteiger partial charge in [-0.2, -0.15) is 0 Å². The number of carbonyl (C=O) groups is 1. The van der Waals surface area contributed by atoms with E-state index in [2.05, 4.69) is 10.2 Å². The fourth-order valence-electron chi connectivity index (χ4n) is 1.70. The molecule has 88 valence electrons. The van der Waals surface area contributed by atoms with E-state index >= 15 is 0 Å². The molecule has 1 aromatic heterocycles. The highest BCUT2D eigenvalue weighted by atomic mass is 32.2. The molecule has 0 radical (unpaired) electrons. The van der Waals surface area contributed by atoms with Crippen LogP contribution >= 0.6 is 11.3 Å². The highest BCUT2D eigenvalue weighted by molar-refractivity contribution is 7.91. The summed E-state index contributed by atoms with van der Waals surface area (Å²) in [5, 5.41) is 16.4. The molecule has 0 bridgehead atoms. The van der Waals surface area contributed by atoms with Crippen LogP contribution in [0.15, 0.2) is 0 Å². The summed E-state index contributed by atoms with van der Waals surface area (Å²) in [6.45, 7) is 0. The van der Waals surface area contributed by atoms with E-state index < -0.39 is 15.8 Å². The number of aromatic carboxylic acids is 1. The Kier molecular flexibility index (Phi) is 2.94. The monoisotopic (exact) mass is 262 g/mol. The third-order valence-corrected chi connectivity index (χ3v) is 5.33. The first kappa shape index (κ1) is 11.5. The van der Waals surface area contributed by atoms with Crippen LogP contribution in [0.25, 0.3) is 0 Å². The second-order valence-corrected chi connectivity index (χ2v) is 6.94. The SMILES string of the molecule is O=C(O)c1nnc(C2CCCS(=O)(=O)C2)s1. The molecule has 1 N–H and O–H groups in total. The summed E-state index contributed by atoms with van der Waals surface area (Å²) >= 11 is 0.962. The predicted molar refractivity (Wildman–Crippen MR) is 57.5 cm³/mol. The molecule has 1 saturated heterocycles. The normalized spacial score (nSPS) is 24.1. The lowest BCUT2D eigenvalue weighted by atomic mass is 10.1. The van der Waals surface area contributed by atoms with Gasteiger partial charge in [-0.15, -0.1) is 10.2 Å². The number of nitrogens with zero attached hydrogens (tertiary/aromatic N) is 2. The minimum atomic E-state index is -3.00. The molecule has 1 aliphatic rings. The summed E-state index contributed by atoms with van der Waals surface area (Å²) in [5.74, 6) is -1.04. The molecule has 1 fully saturated rings. The van der Waals surface area contributed by atoms with E-state index in [-0.39, 0.29) is 22.4 Å². The molecule has 2 rings (SSSR count). The Bertz CT molecular complexity index is 508. The maximum Gasteiger partial charge on any atom is 0.367 e. The van der Waals surface area contributed by atoms with Crippen LogP contribution in [0, 0.1) is 0 Å². The molecule has 0 amide bonds.